The van der Waals surface area contributed by atoms with Crippen molar-refractivity contribution in [1.82, 2.24) is 29.6 Å². The molecule has 0 saturated carbocycles. The maximum absolute atomic E-state index is 4.76. The first-order valence-corrected chi connectivity index (χ1v) is 8.16. The van der Waals surface area contributed by atoms with E-state index in [0.717, 1.165) is 48.8 Å². The molecule has 0 aliphatic carbocycles. The van der Waals surface area contributed by atoms with E-state index < -0.39 is 0 Å². The zero-order chi connectivity index (χ0) is 16.5. The highest BCUT2D eigenvalue weighted by atomic mass is 15.3. The van der Waals surface area contributed by atoms with Crippen molar-refractivity contribution in [2.45, 2.75) is 26.4 Å². The lowest BCUT2D eigenvalue weighted by Gasteiger charge is -2.27. The van der Waals surface area contributed by atoms with Crippen LogP contribution in [0.1, 0.15) is 22.6 Å². The number of hydrogen-bond donors (Lipinski definition) is 0. The van der Waals surface area contributed by atoms with Gasteiger partial charge < -0.3 is 0 Å². The Kier molecular flexibility index (Phi) is 3.82. The van der Waals surface area contributed by atoms with Gasteiger partial charge in [0, 0.05) is 68.5 Å². The lowest BCUT2D eigenvalue weighted by molar-refractivity contribution is 0.239. The first-order valence-electron chi connectivity index (χ1n) is 8.16. The smallest absolute Gasteiger partial charge is 0.159 e. The van der Waals surface area contributed by atoms with Gasteiger partial charge in [0.25, 0.3) is 0 Å². The fraction of sp³-hybridized carbons (Fsp3) is 0.333. The second-order valence-corrected chi connectivity index (χ2v) is 6.26. The summed E-state index contributed by atoms with van der Waals surface area (Å²) in [7, 11) is 1.98. The predicted octanol–water partition coefficient (Wildman–Crippen LogP) is 2.14. The second-order valence-electron chi connectivity index (χ2n) is 6.26. The third-order valence-electron chi connectivity index (χ3n) is 4.50. The fourth-order valence-electron chi connectivity index (χ4n) is 3.09. The molecule has 1 aliphatic heterocycles. The molecule has 0 spiro atoms. The molecule has 0 radical (unpaired) electrons. The first-order chi connectivity index (χ1) is 11.7. The van der Waals surface area contributed by atoms with Crippen LogP contribution < -0.4 is 0 Å². The average Bonchev–Trinajstić information content (AvgIpc) is 2.92. The third kappa shape index (κ3) is 2.92. The molecule has 0 aromatic carbocycles. The Hall–Kier alpha value is -2.60. The van der Waals surface area contributed by atoms with Crippen LogP contribution in [0.3, 0.4) is 0 Å². The summed E-state index contributed by atoms with van der Waals surface area (Å²) in [6, 6.07) is 6.04. The monoisotopic (exact) mass is 320 g/mol. The Bertz CT molecular complexity index is 836. The summed E-state index contributed by atoms with van der Waals surface area (Å²) in [5.41, 5.74) is 5.69. The van der Waals surface area contributed by atoms with E-state index in [2.05, 4.69) is 33.0 Å². The molecule has 3 aromatic heterocycles. The quantitative estimate of drug-likeness (QED) is 0.740. The van der Waals surface area contributed by atoms with Gasteiger partial charge in [-0.25, -0.2) is 9.97 Å². The van der Waals surface area contributed by atoms with E-state index >= 15 is 0 Å². The van der Waals surface area contributed by atoms with Gasteiger partial charge in [-0.3, -0.25) is 14.6 Å². The molecule has 0 fully saturated rings. The lowest BCUT2D eigenvalue weighted by Crippen LogP contribution is -2.31. The number of pyridine rings is 1. The minimum atomic E-state index is 0.782. The van der Waals surface area contributed by atoms with Gasteiger partial charge in [-0.1, -0.05) is 0 Å². The lowest BCUT2D eigenvalue weighted by atomic mass is 10.1. The molecule has 0 bridgehead atoms. The van der Waals surface area contributed by atoms with Crippen molar-refractivity contribution in [2.24, 2.45) is 7.05 Å². The molecule has 4 heterocycles. The van der Waals surface area contributed by atoms with Crippen molar-refractivity contribution >= 4 is 0 Å². The minimum Gasteiger partial charge on any atom is -0.293 e. The SMILES string of the molecule is Cc1cc(CN2CCc3nc(-c4ccncc4)ncc3C2)nn1C. The highest BCUT2D eigenvalue weighted by Crippen LogP contribution is 2.21. The van der Waals surface area contributed by atoms with E-state index in [0.29, 0.717) is 0 Å². The second kappa shape index (κ2) is 6.13. The molecular weight excluding hydrogens is 300 g/mol. The van der Waals surface area contributed by atoms with Gasteiger partial charge in [0.2, 0.25) is 0 Å². The molecule has 3 aromatic rings. The highest BCUT2D eigenvalue weighted by molar-refractivity contribution is 5.54. The fourth-order valence-corrected chi connectivity index (χ4v) is 3.09. The van der Waals surface area contributed by atoms with Crippen LogP contribution in [0.5, 0.6) is 0 Å². The van der Waals surface area contributed by atoms with E-state index in [1.807, 2.05) is 30.1 Å². The van der Waals surface area contributed by atoms with Crippen molar-refractivity contribution in [3.8, 4) is 11.4 Å². The van der Waals surface area contributed by atoms with E-state index in [9.17, 15) is 0 Å². The van der Waals surface area contributed by atoms with Gasteiger partial charge in [-0.05, 0) is 25.1 Å². The Balaban J connectivity index is 1.51. The zero-order valence-electron chi connectivity index (χ0n) is 14.0. The maximum Gasteiger partial charge on any atom is 0.159 e. The van der Waals surface area contributed by atoms with E-state index in [1.54, 1.807) is 12.4 Å². The first kappa shape index (κ1) is 15.0. The van der Waals surface area contributed by atoms with Crippen LogP contribution in [0.2, 0.25) is 0 Å². The Labute approximate surface area is 141 Å². The molecule has 0 saturated heterocycles. The van der Waals surface area contributed by atoms with E-state index in [1.165, 1.54) is 11.3 Å². The Morgan fingerprint density at radius 2 is 2.04 bits per heavy atom. The molecule has 0 unspecified atom stereocenters. The molecule has 6 nitrogen and oxygen atoms in total. The molecule has 122 valence electrons. The molecule has 6 heteroatoms. The summed E-state index contributed by atoms with van der Waals surface area (Å²) in [6.45, 7) is 4.82. The third-order valence-corrected chi connectivity index (χ3v) is 4.50. The summed E-state index contributed by atoms with van der Waals surface area (Å²) in [4.78, 5) is 15.7. The van der Waals surface area contributed by atoms with Crippen LogP contribution in [0, 0.1) is 6.92 Å². The van der Waals surface area contributed by atoms with Gasteiger partial charge in [-0.2, -0.15) is 5.10 Å². The Morgan fingerprint density at radius 3 is 2.79 bits per heavy atom. The van der Waals surface area contributed by atoms with Crippen LogP contribution in [-0.4, -0.2) is 36.2 Å². The van der Waals surface area contributed by atoms with Gasteiger partial charge in [0.05, 0.1) is 11.4 Å². The summed E-state index contributed by atoms with van der Waals surface area (Å²) >= 11 is 0. The van der Waals surface area contributed by atoms with E-state index in [-0.39, 0.29) is 0 Å². The number of aryl methyl sites for hydroxylation is 2. The molecular formula is C18H20N6. The summed E-state index contributed by atoms with van der Waals surface area (Å²) < 4.78 is 1.93. The predicted molar refractivity (Wildman–Crippen MR) is 91.0 cm³/mol. The van der Waals surface area contributed by atoms with Crippen molar-refractivity contribution in [3.63, 3.8) is 0 Å². The van der Waals surface area contributed by atoms with Crippen LogP contribution >= 0.6 is 0 Å². The van der Waals surface area contributed by atoms with Crippen LogP contribution in [0.4, 0.5) is 0 Å². The van der Waals surface area contributed by atoms with Gasteiger partial charge >= 0.3 is 0 Å². The van der Waals surface area contributed by atoms with Crippen molar-refractivity contribution in [3.05, 3.63) is 59.4 Å². The molecule has 0 atom stereocenters. The molecule has 0 N–H and O–H groups in total. The van der Waals surface area contributed by atoms with Crippen LogP contribution in [0.25, 0.3) is 11.4 Å². The normalized spacial score (nSPS) is 14.6. The van der Waals surface area contributed by atoms with Gasteiger partial charge in [0.15, 0.2) is 5.82 Å². The maximum atomic E-state index is 4.76. The minimum absolute atomic E-state index is 0.782. The summed E-state index contributed by atoms with van der Waals surface area (Å²) in [6.07, 6.45) is 6.46. The van der Waals surface area contributed by atoms with Crippen molar-refractivity contribution in [2.75, 3.05) is 6.54 Å². The molecule has 0 amide bonds. The highest BCUT2D eigenvalue weighted by Gasteiger charge is 2.19. The number of fused-ring (bicyclic) bond motifs is 1. The number of aromatic nitrogens is 5. The number of nitrogens with zero attached hydrogens (tertiary/aromatic N) is 6. The number of rotatable bonds is 3. The largest absolute Gasteiger partial charge is 0.293 e. The van der Waals surface area contributed by atoms with Crippen LogP contribution in [-0.2, 0) is 26.6 Å². The standard InChI is InChI=1S/C18H20N6/c1-13-9-16(22-23(13)2)12-24-8-5-17-15(11-24)10-20-18(21-17)14-3-6-19-7-4-14/h3-4,6-7,9-10H,5,8,11-12H2,1-2H3. The zero-order valence-corrected chi connectivity index (χ0v) is 14.0. The topological polar surface area (TPSA) is 59.7 Å². The van der Waals surface area contributed by atoms with Gasteiger partial charge in [0.1, 0.15) is 0 Å². The van der Waals surface area contributed by atoms with Gasteiger partial charge in [-0.15, -0.1) is 0 Å². The summed E-state index contributed by atoms with van der Waals surface area (Å²) in [5, 5.41) is 4.55. The van der Waals surface area contributed by atoms with Crippen molar-refractivity contribution < 1.29 is 0 Å². The average molecular weight is 320 g/mol. The molecule has 24 heavy (non-hydrogen) atoms. The summed E-state index contributed by atoms with van der Waals surface area (Å²) in [5.74, 6) is 0.782. The van der Waals surface area contributed by atoms with Crippen molar-refractivity contribution in [1.29, 1.82) is 0 Å². The number of hydrogen-bond acceptors (Lipinski definition) is 5. The molecule has 4 rings (SSSR count). The molecule has 1 aliphatic rings. The van der Waals surface area contributed by atoms with E-state index in [4.69, 9.17) is 4.98 Å². The Morgan fingerprint density at radius 1 is 1.21 bits per heavy atom. The van der Waals surface area contributed by atoms with Crippen LogP contribution in [0.15, 0.2) is 36.8 Å².